The highest BCUT2D eigenvalue weighted by atomic mass is 15.3. The van der Waals surface area contributed by atoms with Gasteiger partial charge in [0.2, 0.25) is 0 Å². The van der Waals surface area contributed by atoms with Gasteiger partial charge in [-0.25, -0.2) is 0 Å². The second-order valence-corrected chi connectivity index (χ2v) is 5.18. The lowest BCUT2D eigenvalue weighted by Gasteiger charge is -2.27. The maximum Gasteiger partial charge on any atom is 0.171 e. The van der Waals surface area contributed by atoms with Crippen molar-refractivity contribution in [1.82, 2.24) is 9.78 Å². The fourth-order valence-corrected chi connectivity index (χ4v) is 2.38. The molecule has 15 heavy (non-hydrogen) atoms. The molecule has 1 aromatic rings. The fourth-order valence-electron chi connectivity index (χ4n) is 2.38. The van der Waals surface area contributed by atoms with Gasteiger partial charge in [-0.3, -0.25) is 4.68 Å². The first-order chi connectivity index (χ1) is 6.99. The summed E-state index contributed by atoms with van der Waals surface area (Å²) in [6, 6.07) is 0.495. The number of nitrogen functional groups attached to an aromatic ring is 1. The minimum Gasteiger partial charge on any atom is -0.394 e. The van der Waals surface area contributed by atoms with E-state index in [-0.39, 0.29) is 0 Å². The van der Waals surface area contributed by atoms with E-state index in [4.69, 9.17) is 5.73 Å². The summed E-state index contributed by atoms with van der Waals surface area (Å²) in [4.78, 5) is 0. The molecule has 1 aliphatic rings. The third kappa shape index (κ3) is 1.94. The molecule has 1 heterocycles. The van der Waals surface area contributed by atoms with Crippen LogP contribution < -0.4 is 11.1 Å². The van der Waals surface area contributed by atoms with Crippen LogP contribution in [0.3, 0.4) is 0 Å². The lowest BCUT2D eigenvalue weighted by Crippen LogP contribution is -2.31. The zero-order chi connectivity index (χ0) is 11.1. The van der Waals surface area contributed by atoms with Gasteiger partial charge in [0, 0.05) is 19.3 Å². The molecule has 0 saturated heterocycles. The lowest BCUT2D eigenvalue weighted by molar-refractivity contribution is 0.349. The van der Waals surface area contributed by atoms with Gasteiger partial charge in [0.25, 0.3) is 0 Å². The van der Waals surface area contributed by atoms with Crippen LogP contribution in [0.15, 0.2) is 6.20 Å². The summed E-state index contributed by atoms with van der Waals surface area (Å²) in [6.45, 7) is 4.60. The number of hydrogen-bond donors (Lipinski definition) is 2. The average Bonchev–Trinajstić information content (AvgIpc) is 2.58. The number of rotatable bonds is 2. The Morgan fingerprint density at radius 3 is 2.80 bits per heavy atom. The van der Waals surface area contributed by atoms with Crippen LogP contribution >= 0.6 is 0 Å². The SMILES string of the molecule is Cn1cc(N)c(NC2CCCC2(C)C)n1. The number of aromatic nitrogens is 2. The van der Waals surface area contributed by atoms with E-state index in [9.17, 15) is 0 Å². The maximum absolute atomic E-state index is 5.86. The minimum atomic E-state index is 0.351. The topological polar surface area (TPSA) is 55.9 Å². The van der Waals surface area contributed by atoms with Gasteiger partial charge in [-0.15, -0.1) is 0 Å². The zero-order valence-corrected chi connectivity index (χ0v) is 9.75. The molecule has 0 bridgehead atoms. The third-order valence-electron chi connectivity index (χ3n) is 3.43. The molecule has 4 nitrogen and oxygen atoms in total. The van der Waals surface area contributed by atoms with Gasteiger partial charge < -0.3 is 11.1 Å². The summed E-state index contributed by atoms with van der Waals surface area (Å²) in [5.41, 5.74) is 6.95. The second-order valence-electron chi connectivity index (χ2n) is 5.18. The molecule has 0 amide bonds. The van der Waals surface area contributed by atoms with E-state index in [1.54, 1.807) is 4.68 Å². The molecule has 0 aliphatic heterocycles. The molecule has 1 aliphatic carbocycles. The summed E-state index contributed by atoms with van der Waals surface area (Å²) in [7, 11) is 1.89. The van der Waals surface area contributed by atoms with Gasteiger partial charge in [0.15, 0.2) is 5.82 Å². The van der Waals surface area contributed by atoms with E-state index in [2.05, 4.69) is 24.3 Å². The highest BCUT2D eigenvalue weighted by Gasteiger charge is 2.34. The minimum absolute atomic E-state index is 0.351. The first-order valence-corrected chi connectivity index (χ1v) is 5.55. The van der Waals surface area contributed by atoms with Crippen molar-refractivity contribution < 1.29 is 0 Å². The summed E-state index contributed by atoms with van der Waals surface area (Å²) >= 11 is 0. The van der Waals surface area contributed by atoms with Crippen LogP contribution in [0, 0.1) is 5.41 Å². The zero-order valence-electron chi connectivity index (χ0n) is 9.75. The largest absolute Gasteiger partial charge is 0.394 e. The smallest absolute Gasteiger partial charge is 0.171 e. The molecule has 1 aromatic heterocycles. The Morgan fingerprint density at radius 2 is 2.33 bits per heavy atom. The molecule has 1 fully saturated rings. The third-order valence-corrected chi connectivity index (χ3v) is 3.43. The van der Waals surface area contributed by atoms with Gasteiger partial charge in [0.05, 0.1) is 5.69 Å². The Hall–Kier alpha value is -1.19. The highest BCUT2D eigenvalue weighted by Crippen LogP contribution is 2.39. The number of hydrogen-bond acceptors (Lipinski definition) is 3. The summed E-state index contributed by atoms with van der Waals surface area (Å²) in [5.74, 6) is 0.831. The Morgan fingerprint density at radius 1 is 1.60 bits per heavy atom. The van der Waals surface area contributed by atoms with Gasteiger partial charge in [-0.2, -0.15) is 5.10 Å². The Labute approximate surface area is 90.8 Å². The predicted molar refractivity (Wildman–Crippen MR) is 62.7 cm³/mol. The molecular weight excluding hydrogens is 188 g/mol. The lowest BCUT2D eigenvalue weighted by atomic mass is 9.87. The number of nitrogens with one attached hydrogen (secondary N) is 1. The number of nitrogens with two attached hydrogens (primary N) is 1. The number of aryl methyl sites for hydroxylation is 1. The van der Waals surface area contributed by atoms with Crippen molar-refractivity contribution in [2.24, 2.45) is 12.5 Å². The van der Waals surface area contributed by atoms with E-state index >= 15 is 0 Å². The summed E-state index contributed by atoms with van der Waals surface area (Å²) in [6.07, 6.45) is 5.61. The molecule has 1 saturated carbocycles. The molecule has 0 aromatic carbocycles. The van der Waals surface area contributed by atoms with Crippen molar-refractivity contribution in [3.8, 4) is 0 Å². The molecule has 0 radical (unpaired) electrons. The van der Waals surface area contributed by atoms with Gasteiger partial charge in [-0.1, -0.05) is 20.3 Å². The van der Waals surface area contributed by atoms with E-state index in [0.29, 0.717) is 11.5 Å². The van der Waals surface area contributed by atoms with Gasteiger partial charge in [0.1, 0.15) is 0 Å². The standard InChI is InChI=1S/C11H20N4/c1-11(2)6-4-5-9(11)13-10-8(12)7-15(3)14-10/h7,9H,4-6,12H2,1-3H3,(H,13,14). The Balaban J connectivity index is 2.12. The van der Waals surface area contributed by atoms with E-state index in [1.807, 2.05) is 13.2 Å². The van der Waals surface area contributed by atoms with Crippen molar-refractivity contribution in [3.05, 3.63) is 6.20 Å². The predicted octanol–water partition coefficient (Wildman–Crippen LogP) is 1.99. The van der Waals surface area contributed by atoms with Crippen molar-refractivity contribution >= 4 is 11.5 Å². The van der Waals surface area contributed by atoms with Crippen LogP contribution in [-0.4, -0.2) is 15.8 Å². The van der Waals surface area contributed by atoms with Crippen molar-refractivity contribution in [2.75, 3.05) is 11.1 Å². The Bertz CT molecular complexity index is 353. The maximum atomic E-state index is 5.86. The molecule has 1 unspecified atom stereocenters. The van der Waals surface area contributed by atoms with E-state index in [1.165, 1.54) is 19.3 Å². The summed E-state index contributed by atoms with van der Waals surface area (Å²) < 4.78 is 1.75. The van der Waals surface area contributed by atoms with Crippen LogP contribution in [-0.2, 0) is 7.05 Å². The molecule has 0 spiro atoms. The quantitative estimate of drug-likeness (QED) is 0.781. The molecule has 84 valence electrons. The number of nitrogens with zero attached hydrogens (tertiary/aromatic N) is 2. The van der Waals surface area contributed by atoms with Crippen LogP contribution in [0.25, 0.3) is 0 Å². The molecule has 1 atom stereocenters. The first-order valence-electron chi connectivity index (χ1n) is 5.55. The Kier molecular flexibility index (Phi) is 2.37. The molecule has 2 rings (SSSR count). The molecule has 3 N–H and O–H groups in total. The first kappa shape index (κ1) is 10.3. The average molecular weight is 208 g/mol. The van der Waals surface area contributed by atoms with Crippen LogP contribution in [0.5, 0.6) is 0 Å². The monoisotopic (exact) mass is 208 g/mol. The van der Waals surface area contributed by atoms with Crippen LogP contribution in [0.4, 0.5) is 11.5 Å². The van der Waals surface area contributed by atoms with Crippen LogP contribution in [0.1, 0.15) is 33.1 Å². The highest BCUT2D eigenvalue weighted by molar-refractivity contribution is 5.60. The van der Waals surface area contributed by atoms with Crippen molar-refractivity contribution in [1.29, 1.82) is 0 Å². The molecule has 4 heteroatoms. The molecular formula is C11H20N4. The fraction of sp³-hybridized carbons (Fsp3) is 0.727. The van der Waals surface area contributed by atoms with E-state index < -0.39 is 0 Å². The summed E-state index contributed by atoms with van der Waals surface area (Å²) in [5, 5.41) is 7.78. The van der Waals surface area contributed by atoms with Gasteiger partial charge >= 0.3 is 0 Å². The van der Waals surface area contributed by atoms with Crippen molar-refractivity contribution in [2.45, 2.75) is 39.2 Å². The van der Waals surface area contributed by atoms with E-state index in [0.717, 1.165) is 11.5 Å². The number of anilines is 2. The second kappa shape index (κ2) is 3.43. The van der Waals surface area contributed by atoms with Crippen LogP contribution in [0.2, 0.25) is 0 Å². The normalized spacial score (nSPS) is 24.3. The van der Waals surface area contributed by atoms with Crippen molar-refractivity contribution in [3.63, 3.8) is 0 Å². The van der Waals surface area contributed by atoms with Gasteiger partial charge in [-0.05, 0) is 18.3 Å².